The minimum absolute atomic E-state index is 0.0156. The highest BCUT2D eigenvalue weighted by Gasteiger charge is 2.29. The maximum absolute atomic E-state index is 12.1. The van der Waals surface area contributed by atoms with Crippen molar-refractivity contribution in [2.45, 2.75) is 20.4 Å². The predicted octanol–water partition coefficient (Wildman–Crippen LogP) is 2.01. The van der Waals surface area contributed by atoms with Crippen LogP contribution < -0.4 is 0 Å². The summed E-state index contributed by atoms with van der Waals surface area (Å²) in [6.07, 6.45) is 1.97. The monoisotopic (exact) mass is 213 g/mol. The lowest BCUT2D eigenvalue weighted by Gasteiger charge is -2.11. The fourth-order valence-electron chi connectivity index (χ4n) is 0.974. The number of alkyl halides is 2. The lowest BCUT2D eigenvalue weighted by Crippen LogP contribution is -2.21. The van der Waals surface area contributed by atoms with Crippen LogP contribution in [-0.4, -0.2) is 15.6 Å². The van der Waals surface area contributed by atoms with Gasteiger partial charge in [-0.1, -0.05) is 0 Å². The number of rotatable bonds is 3. The van der Waals surface area contributed by atoms with Gasteiger partial charge in [-0.25, -0.2) is 4.68 Å². The van der Waals surface area contributed by atoms with Crippen molar-refractivity contribution in [1.82, 2.24) is 9.78 Å². The molecule has 1 rings (SSSR count). The van der Waals surface area contributed by atoms with E-state index in [1.54, 1.807) is 6.07 Å². The lowest BCUT2D eigenvalue weighted by atomic mass is 9.87. The molecule has 1 aromatic rings. The maximum Gasteiger partial charge on any atom is 0.333 e. The smallest absolute Gasteiger partial charge is 0.292 e. The molecular weight excluding hydrogens is 204 g/mol. The van der Waals surface area contributed by atoms with Gasteiger partial charge >= 0.3 is 6.55 Å². The van der Waals surface area contributed by atoms with Crippen LogP contribution >= 0.6 is 0 Å². The van der Waals surface area contributed by atoms with E-state index in [1.807, 2.05) is 0 Å². The first-order valence-corrected chi connectivity index (χ1v) is 4.17. The van der Waals surface area contributed by atoms with Crippen molar-refractivity contribution in [3.05, 3.63) is 18.0 Å². The van der Waals surface area contributed by atoms with Gasteiger partial charge in [0.25, 0.3) is 0 Å². The van der Waals surface area contributed by atoms with Gasteiger partial charge in [-0.3, -0.25) is 4.79 Å². The van der Waals surface area contributed by atoms with Crippen molar-refractivity contribution in [3.63, 3.8) is 0 Å². The van der Waals surface area contributed by atoms with Crippen LogP contribution in [0, 0.1) is 16.7 Å². The minimum atomic E-state index is -2.78. The molecule has 0 saturated heterocycles. The van der Waals surface area contributed by atoms with Gasteiger partial charge in [0.15, 0.2) is 5.78 Å². The number of carbonyl (C=O) groups excluding carboxylic acids is 1. The van der Waals surface area contributed by atoms with E-state index in [4.69, 9.17) is 5.26 Å². The summed E-state index contributed by atoms with van der Waals surface area (Å²) in [5, 5.41) is 12.0. The Morgan fingerprint density at radius 3 is 2.67 bits per heavy atom. The Hall–Kier alpha value is -1.77. The molecular formula is C9H9F2N3O. The maximum atomic E-state index is 12.1. The molecule has 0 N–H and O–H groups in total. The number of nitriles is 1. The first-order chi connectivity index (χ1) is 6.88. The fraction of sp³-hybridized carbons (Fsp3) is 0.444. The molecule has 6 heteroatoms. The summed E-state index contributed by atoms with van der Waals surface area (Å²) in [6.45, 7) is 0.0705. The molecule has 0 radical (unpaired) electrons. The van der Waals surface area contributed by atoms with Crippen LogP contribution in [0.3, 0.4) is 0 Å². The summed E-state index contributed by atoms with van der Waals surface area (Å²) in [4.78, 5) is 11.6. The highest BCUT2D eigenvalue weighted by Crippen LogP contribution is 2.21. The quantitative estimate of drug-likeness (QED) is 0.721. The van der Waals surface area contributed by atoms with E-state index in [0.717, 1.165) is 12.4 Å². The number of hydrogen-bond donors (Lipinski definition) is 0. The van der Waals surface area contributed by atoms with Crippen molar-refractivity contribution in [3.8, 4) is 6.07 Å². The third-order valence-electron chi connectivity index (χ3n) is 1.91. The number of carbonyl (C=O) groups is 1. The van der Waals surface area contributed by atoms with Crippen molar-refractivity contribution in [2.24, 2.45) is 5.41 Å². The van der Waals surface area contributed by atoms with Crippen molar-refractivity contribution in [1.29, 1.82) is 5.26 Å². The van der Waals surface area contributed by atoms with Gasteiger partial charge in [0, 0.05) is 6.20 Å². The molecule has 80 valence electrons. The highest BCUT2D eigenvalue weighted by molar-refractivity contribution is 6.01. The summed E-state index contributed by atoms with van der Waals surface area (Å²) in [5.74, 6) is -0.517. The summed E-state index contributed by atoms with van der Waals surface area (Å²) in [7, 11) is 0. The summed E-state index contributed by atoms with van der Waals surface area (Å²) in [6, 6.07) is 1.80. The molecule has 0 unspecified atom stereocenters. The number of aromatic nitrogens is 2. The molecule has 0 aliphatic rings. The summed E-state index contributed by atoms with van der Waals surface area (Å²) in [5.41, 5.74) is -1.21. The molecule has 4 nitrogen and oxygen atoms in total. The Morgan fingerprint density at radius 2 is 2.27 bits per heavy atom. The molecule has 1 heterocycles. The second-order valence-corrected chi connectivity index (χ2v) is 3.55. The van der Waals surface area contributed by atoms with Crippen LogP contribution in [0.15, 0.2) is 12.4 Å². The molecule has 0 saturated carbocycles. The average molecular weight is 213 g/mol. The number of halogens is 2. The summed E-state index contributed by atoms with van der Waals surface area (Å²) >= 11 is 0. The molecule has 0 aliphatic heterocycles. The molecule has 0 atom stereocenters. The van der Waals surface area contributed by atoms with Crippen LogP contribution in [0.25, 0.3) is 0 Å². The SMILES string of the molecule is CC(C)(C#N)C(=O)c1cnn(C(F)F)c1. The number of Topliss-reactive ketones (excluding diaryl/α,β-unsaturated/α-hetero) is 1. The van der Waals surface area contributed by atoms with Gasteiger partial charge in [-0.2, -0.15) is 19.1 Å². The van der Waals surface area contributed by atoms with Crippen molar-refractivity contribution >= 4 is 5.78 Å². The zero-order valence-electron chi connectivity index (χ0n) is 8.24. The van der Waals surface area contributed by atoms with Crippen molar-refractivity contribution in [2.75, 3.05) is 0 Å². The van der Waals surface area contributed by atoms with Gasteiger partial charge in [0.05, 0.1) is 17.8 Å². The number of nitrogens with zero attached hydrogens (tertiary/aromatic N) is 3. The van der Waals surface area contributed by atoms with Crippen LogP contribution in [0.2, 0.25) is 0 Å². The Bertz CT molecular complexity index is 417. The van der Waals surface area contributed by atoms with E-state index < -0.39 is 17.7 Å². The van der Waals surface area contributed by atoms with E-state index >= 15 is 0 Å². The third kappa shape index (κ3) is 2.18. The predicted molar refractivity (Wildman–Crippen MR) is 47.2 cm³/mol. The second-order valence-electron chi connectivity index (χ2n) is 3.55. The van der Waals surface area contributed by atoms with E-state index in [1.165, 1.54) is 13.8 Å². The van der Waals surface area contributed by atoms with Crippen molar-refractivity contribution < 1.29 is 13.6 Å². The molecule has 0 bridgehead atoms. The van der Waals surface area contributed by atoms with Crippen LogP contribution in [0.4, 0.5) is 8.78 Å². The van der Waals surface area contributed by atoms with E-state index in [2.05, 4.69) is 5.10 Å². The highest BCUT2D eigenvalue weighted by atomic mass is 19.3. The molecule has 0 aromatic carbocycles. The summed E-state index contributed by atoms with van der Waals surface area (Å²) < 4.78 is 24.7. The van der Waals surface area contributed by atoms with Crippen LogP contribution in [0.5, 0.6) is 0 Å². The first kappa shape index (κ1) is 11.3. The van der Waals surface area contributed by atoms with E-state index in [0.29, 0.717) is 4.68 Å². The Balaban J connectivity index is 2.99. The largest absolute Gasteiger partial charge is 0.333 e. The van der Waals surface area contributed by atoms with Gasteiger partial charge in [0.2, 0.25) is 0 Å². The minimum Gasteiger partial charge on any atom is -0.292 e. The van der Waals surface area contributed by atoms with E-state index in [-0.39, 0.29) is 5.56 Å². The zero-order valence-corrected chi connectivity index (χ0v) is 8.24. The molecule has 0 spiro atoms. The first-order valence-electron chi connectivity index (χ1n) is 4.17. The third-order valence-corrected chi connectivity index (χ3v) is 1.91. The van der Waals surface area contributed by atoms with Gasteiger partial charge in [0.1, 0.15) is 5.41 Å². The normalized spacial score (nSPS) is 11.5. The lowest BCUT2D eigenvalue weighted by molar-refractivity contribution is 0.0565. The van der Waals surface area contributed by atoms with E-state index in [9.17, 15) is 13.6 Å². The Labute approximate surface area is 85.1 Å². The fourth-order valence-corrected chi connectivity index (χ4v) is 0.974. The Morgan fingerprint density at radius 1 is 1.67 bits per heavy atom. The van der Waals surface area contributed by atoms with Gasteiger partial charge in [-0.05, 0) is 13.8 Å². The van der Waals surface area contributed by atoms with Crippen LogP contribution in [0.1, 0.15) is 30.8 Å². The number of ketones is 1. The topological polar surface area (TPSA) is 58.7 Å². The molecule has 0 aliphatic carbocycles. The Kier molecular flexibility index (Phi) is 2.84. The molecule has 0 amide bonds. The molecule has 15 heavy (non-hydrogen) atoms. The second kappa shape index (κ2) is 3.77. The zero-order chi connectivity index (χ0) is 11.6. The standard InChI is InChI=1S/C9H9F2N3O/c1-9(2,5-12)7(15)6-3-13-14(4-6)8(10)11/h3-4,8H,1-2H3. The van der Waals surface area contributed by atoms with Gasteiger partial charge < -0.3 is 0 Å². The molecule has 0 fully saturated rings. The number of hydrogen-bond acceptors (Lipinski definition) is 3. The van der Waals surface area contributed by atoms with Crippen LogP contribution in [-0.2, 0) is 0 Å². The molecule has 1 aromatic heterocycles. The average Bonchev–Trinajstić information content (AvgIpc) is 2.65. The van der Waals surface area contributed by atoms with Gasteiger partial charge in [-0.15, -0.1) is 0 Å².